The van der Waals surface area contributed by atoms with Gasteiger partial charge in [0.25, 0.3) is 0 Å². The number of carbonyl (C=O) groups is 3. The third-order valence-electron chi connectivity index (χ3n) is 6.96. The highest BCUT2D eigenvalue weighted by Crippen LogP contribution is 2.44. The molecule has 0 radical (unpaired) electrons. The maximum Gasteiger partial charge on any atom is 0.407 e. The number of ether oxygens (including phenoxy) is 1. The minimum atomic E-state index is -1.02. The summed E-state index contributed by atoms with van der Waals surface area (Å²) in [6.45, 7) is 2.13. The van der Waals surface area contributed by atoms with E-state index in [2.05, 4.69) is 34.9 Å². The standard InChI is InChI=1S/C27H32N2O5/c1-2-8-24(26(31)32)28-25(30)15-17-9-7-14-23(17)29-27(33)34-16-22-20-12-5-3-10-18(20)19-11-4-6-13-21(19)22/h3-6,10-13,17,22-24H,2,7-9,14-16H2,1H3,(H,28,30)(H,29,33)(H,31,32). The summed E-state index contributed by atoms with van der Waals surface area (Å²) in [5.41, 5.74) is 4.67. The van der Waals surface area contributed by atoms with Crippen LogP contribution in [0, 0.1) is 5.92 Å². The van der Waals surface area contributed by atoms with E-state index in [1.807, 2.05) is 31.2 Å². The first-order chi connectivity index (χ1) is 16.5. The molecule has 3 N–H and O–H groups in total. The average Bonchev–Trinajstić information content (AvgIpc) is 3.39. The summed E-state index contributed by atoms with van der Waals surface area (Å²) in [5.74, 6) is -1.34. The van der Waals surface area contributed by atoms with Gasteiger partial charge in [0.1, 0.15) is 12.6 Å². The monoisotopic (exact) mass is 464 g/mol. The number of alkyl carbamates (subject to hydrolysis) is 1. The number of rotatable bonds is 9. The Hall–Kier alpha value is -3.35. The lowest BCUT2D eigenvalue weighted by Gasteiger charge is -2.22. The Kier molecular flexibility index (Phi) is 7.50. The summed E-state index contributed by atoms with van der Waals surface area (Å²) in [7, 11) is 0. The zero-order valence-electron chi connectivity index (χ0n) is 19.5. The van der Waals surface area contributed by atoms with Gasteiger partial charge in [-0.05, 0) is 47.4 Å². The first kappa shape index (κ1) is 23.8. The predicted molar refractivity (Wildman–Crippen MR) is 128 cm³/mol. The number of hydrogen-bond donors (Lipinski definition) is 3. The molecular weight excluding hydrogens is 432 g/mol. The Labute approximate surface area is 199 Å². The highest BCUT2D eigenvalue weighted by atomic mass is 16.5. The maximum atomic E-state index is 12.7. The lowest BCUT2D eigenvalue weighted by Crippen LogP contribution is -2.43. The minimum Gasteiger partial charge on any atom is -0.480 e. The minimum absolute atomic E-state index is 0.00480. The van der Waals surface area contributed by atoms with Gasteiger partial charge in [-0.3, -0.25) is 4.79 Å². The molecule has 3 atom stereocenters. The molecule has 0 heterocycles. The molecule has 2 amide bonds. The van der Waals surface area contributed by atoms with Crippen molar-refractivity contribution >= 4 is 18.0 Å². The van der Waals surface area contributed by atoms with Crippen molar-refractivity contribution in [3.8, 4) is 11.1 Å². The van der Waals surface area contributed by atoms with Crippen molar-refractivity contribution < 1.29 is 24.2 Å². The molecule has 0 bridgehead atoms. The van der Waals surface area contributed by atoms with E-state index in [0.29, 0.717) is 12.8 Å². The lowest BCUT2D eigenvalue weighted by atomic mass is 9.98. The molecule has 1 fully saturated rings. The molecule has 0 spiro atoms. The van der Waals surface area contributed by atoms with Gasteiger partial charge in [-0.15, -0.1) is 0 Å². The van der Waals surface area contributed by atoms with Crippen molar-refractivity contribution in [1.29, 1.82) is 0 Å². The van der Waals surface area contributed by atoms with Crippen LogP contribution in [0.25, 0.3) is 11.1 Å². The van der Waals surface area contributed by atoms with Crippen LogP contribution in [0.2, 0.25) is 0 Å². The predicted octanol–water partition coefficient (Wildman–Crippen LogP) is 4.45. The van der Waals surface area contributed by atoms with Crippen molar-refractivity contribution in [2.75, 3.05) is 6.61 Å². The molecule has 1 saturated carbocycles. The van der Waals surface area contributed by atoms with E-state index in [1.54, 1.807) is 0 Å². The Morgan fingerprint density at radius 3 is 2.29 bits per heavy atom. The topological polar surface area (TPSA) is 105 Å². The van der Waals surface area contributed by atoms with Gasteiger partial charge >= 0.3 is 12.1 Å². The lowest BCUT2D eigenvalue weighted by molar-refractivity contribution is -0.142. The summed E-state index contributed by atoms with van der Waals surface area (Å²) < 4.78 is 5.65. The first-order valence-electron chi connectivity index (χ1n) is 12.1. The van der Waals surface area contributed by atoms with Gasteiger partial charge in [-0.2, -0.15) is 0 Å². The largest absolute Gasteiger partial charge is 0.480 e. The highest BCUT2D eigenvalue weighted by Gasteiger charge is 2.33. The summed E-state index contributed by atoms with van der Waals surface area (Å²) in [5, 5.41) is 14.8. The fourth-order valence-corrected chi connectivity index (χ4v) is 5.30. The van der Waals surface area contributed by atoms with Gasteiger partial charge in [0.2, 0.25) is 5.91 Å². The molecule has 2 aromatic carbocycles. The van der Waals surface area contributed by atoms with Crippen LogP contribution in [0.3, 0.4) is 0 Å². The molecule has 34 heavy (non-hydrogen) atoms. The molecule has 180 valence electrons. The quantitative estimate of drug-likeness (QED) is 0.508. The fourth-order valence-electron chi connectivity index (χ4n) is 5.30. The van der Waals surface area contributed by atoms with Crippen LogP contribution in [0.15, 0.2) is 48.5 Å². The van der Waals surface area contributed by atoms with Crippen molar-refractivity contribution in [2.45, 2.75) is 63.5 Å². The van der Waals surface area contributed by atoms with Crippen LogP contribution in [0.4, 0.5) is 4.79 Å². The summed E-state index contributed by atoms with van der Waals surface area (Å²) >= 11 is 0. The number of carboxylic acid groups (broad SMARTS) is 1. The summed E-state index contributed by atoms with van der Waals surface area (Å²) in [4.78, 5) is 36.4. The van der Waals surface area contributed by atoms with Crippen molar-refractivity contribution in [3.63, 3.8) is 0 Å². The van der Waals surface area contributed by atoms with Gasteiger partial charge in [0.15, 0.2) is 0 Å². The number of hydrogen-bond acceptors (Lipinski definition) is 4. The second kappa shape index (κ2) is 10.7. The zero-order valence-corrected chi connectivity index (χ0v) is 19.5. The molecule has 4 rings (SSSR count). The van der Waals surface area contributed by atoms with Crippen LogP contribution in [-0.4, -0.2) is 41.8 Å². The summed E-state index contributed by atoms with van der Waals surface area (Å²) in [6, 6.07) is 15.4. The number of carboxylic acids is 1. The van der Waals surface area contributed by atoms with Crippen LogP contribution in [-0.2, 0) is 14.3 Å². The number of fused-ring (bicyclic) bond motifs is 3. The second-order valence-electron chi connectivity index (χ2n) is 9.22. The van der Waals surface area contributed by atoms with Crippen molar-refractivity contribution in [1.82, 2.24) is 10.6 Å². The zero-order chi connectivity index (χ0) is 24.1. The molecule has 7 heteroatoms. The Morgan fingerprint density at radius 1 is 1.03 bits per heavy atom. The number of amides is 2. The molecule has 7 nitrogen and oxygen atoms in total. The Balaban J connectivity index is 1.32. The molecule has 2 aromatic rings. The smallest absolute Gasteiger partial charge is 0.407 e. The van der Waals surface area contributed by atoms with E-state index in [4.69, 9.17) is 4.74 Å². The van der Waals surface area contributed by atoms with E-state index in [-0.39, 0.29) is 36.8 Å². The van der Waals surface area contributed by atoms with Crippen LogP contribution >= 0.6 is 0 Å². The van der Waals surface area contributed by atoms with Crippen molar-refractivity contribution in [3.05, 3.63) is 59.7 Å². The van der Waals surface area contributed by atoms with E-state index in [1.165, 1.54) is 11.1 Å². The fraction of sp³-hybridized carbons (Fsp3) is 0.444. The molecule has 2 aliphatic rings. The van der Waals surface area contributed by atoms with Gasteiger partial charge in [-0.25, -0.2) is 9.59 Å². The number of benzene rings is 2. The molecule has 0 aliphatic heterocycles. The van der Waals surface area contributed by atoms with E-state index < -0.39 is 18.1 Å². The summed E-state index contributed by atoms with van der Waals surface area (Å²) in [6.07, 6.45) is 3.28. The Bertz CT molecular complexity index is 1010. The van der Waals surface area contributed by atoms with Gasteiger partial charge in [-0.1, -0.05) is 68.3 Å². The van der Waals surface area contributed by atoms with Crippen LogP contribution in [0.1, 0.15) is 62.5 Å². The van der Waals surface area contributed by atoms with E-state index in [0.717, 1.165) is 30.4 Å². The normalized spacial score (nSPS) is 19.7. The molecule has 2 aliphatic carbocycles. The third kappa shape index (κ3) is 5.24. The Morgan fingerprint density at radius 2 is 1.68 bits per heavy atom. The molecule has 3 unspecified atom stereocenters. The van der Waals surface area contributed by atoms with E-state index >= 15 is 0 Å². The SMILES string of the molecule is CCCC(NC(=O)CC1CCCC1NC(=O)OCC1c2ccccc2-c2ccccc21)C(=O)O. The second-order valence-corrected chi connectivity index (χ2v) is 9.22. The maximum absolute atomic E-state index is 12.7. The average molecular weight is 465 g/mol. The van der Waals surface area contributed by atoms with Gasteiger partial charge in [0.05, 0.1) is 0 Å². The van der Waals surface area contributed by atoms with Gasteiger partial charge in [0, 0.05) is 18.4 Å². The third-order valence-corrected chi connectivity index (χ3v) is 6.96. The number of carbonyl (C=O) groups excluding carboxylic acids is 2. The van der Waals surface area contributed by atoms with Crippen LogP contribution < -0.4 is 10.6 Å². The number of nitrogens with one attached hydrogen (secondary N) is 2. The first-order valence-corrected chi connectivity index (χ1v) is 12.1. The van der Waals surface area contributed by atoms with Gasteiger partial charge < -0.3 is 20.5 Å². The van der Waals surface area contributed by atoms with E-state index in [9.17, 15) is 19.5 Å². The molecular formula is C27H32N2O5. The number of aliphatic carboxylic acids is 1. The molecule has 0 aromatic heterocycles. The molecule has 0 saturated heterocycles. The van der Waals surface area contributed by atoms with Crippen LogP contribution in [0.5, 0.6) is 0 Å². The van der Waals surface area contributed by atoms with Crippen molar-refractivity contribution in [2.24, 2.45) is 5.92 Å². The highest BCUT2D eigenvalue weighted by molar-refractivity contribution is 5.83.